The number of para-hydroxylation sites is 1. The Morgan fingerprint density at radius 3 is 1.98 bits per heavy atom. The summed E-state index contributed by atoms with van der Waals surface area (Å²) in [6.07, 6.45) is 4.08. The lowest BCUT2D eigenvalue weighted by Gasteiger charge is -2.14. The van der Waals surface area contributed by atoms with Gasteiger partial charge in [0.1, 0.15) is 0 Å². The van der Waals surface area contributed by atoms with Gasteiger partial charge in [-0.3, -0.25) is 0 Å². The second-order valence-corrected chi connectivity index (χ2v) is 12.5. The van der Waals surface area contributed by atoms with Gasteiger partial charge in [0, 0.05) is 21.8 Å². The normalized spacial score (nSPS) is 12.1. The first-order valence-corrected chi connectivity index (χ1v) is 16.6. The predicted octanol–water partition coefficient (Wildman–Crippen LogP) is 13.2. The van der Waals surface area contributed by atoms with Gasteiger partial charge in [-0.05, 0) is 91.5 Å². The highest BCUT2D eigenvalue weighted by Gasteiger charge is 2.17. The van der Waals surface area contributed by atoms with Crippen LogP contribution in [-0.4, -0.2) is 4.57 Å². The summed E-state index contributed by atoms with van der Waals surface area (Å²) in [5.41, 5.74) is 10.9. The quantitative estimate of drug-likeness (QED) is 0.171. The van der Waals surface area contributed by atoms with Crippen LogP contribution < -0.4 is 0 Å². The molecule has 1 aromatic heterocycles. The molecule has 0 spiro atoms. The highest BCUT2D eigenvalue weighted by molar-refractivity contribution is 6.20. The molecule has 0 aliphatic carbocycles. The smallest absolute Gasteiger partial charge is 0.0619 e. The van der Waals surface area contributed by atoms with Crippen LogP contribution >= 0.6 is 0 Å². The summed E-state index contributed by atoms with van der Waals surface area (Å²) in [6, 6.07) is 57.8. The molecule has 0 bridgehead atoms. The Morgan fingerprint density at radius 2 is 1.17 bits per heavy atom. The zero-order valence-electron chi connectivity index (χ0n) is 26.8. The number of hydrogen-bond donors (Lipinski definition) is 0. The van der Waals surface area contributed by atoms with Gasteiger partial charge in [-0.25, -0.2) is 0 Å². The molecule has 1 nitrogen and oxygen atoms in total. The maximum absolute atomic E-state index is 4.06. The fourth-order valence-electron chi connectivity index (χ4n) is 7.68. The van der Waals surface area contributed by atoms with E-state index in [1.807, 2.05) is 6.08 Å². The van der Waals surface area contributed by atoms with Crippen molar-refractivity contribution >= 4 is 59.7 Å². The van der Waals surface area contributed by atoms with E-state index in [1.54, 1.807) is 0 Å². The van der Waals surface area contributed by atoms with E-state index in [1.165, 1.54) is 81.9 Å². The molecule has 0 radical (unpaired) electrons. The van der Waals surface area contributed by atoms with E-state index in [4.69, 9.17) is 0 Å². The van der Waals surface area contributed by atoms with E-state index in [9.17, 15) is 0 Å². The Bertz CT molecular complexity index is 2730. The monoisotopic (exact) mass is 611 g/mol. The lowest BCUT2D eigenvalue weighted by atomic mass is 9.91. The summed E-state index contributed by atoms with van der Waals surface area (Å²) in [6.45, 7) is 6.13. The Hall–Kier alpha value is -6.18. The molecule has 0 aliphatic rings. The molecule has 0 aliphatic heterocycles. The standard InChI is InChI=1S/C47H33N/c1-3-31(4-2)39-27-28-40(43-19-11-10-18-42(39)43)33-21-24-41-34(29-33)23-26-45-44-25-22-35(38-20-12-14-32-13-8-9-17-37(32)38)30-46(44)48(47(41)45)36-15-6-5-7-16-36/h3-30H,1H2,2H3/b31-4+. The van der Waals surface area contributed by atoms with Gasteiger partial charge in [0.15, 0.2) is 0 Å². The molecule has 226 valence electrons. The summed E-state index contributed by atoms with van der Waals surface area (Å²) in [4.78, 5) is 0. The van der Waals surface area contributed by atoms with E-state index >= 15 is 0 Å². The highest BCUT2D eigenvalue weighted by Crippen LogP contribution is 2.41. The fourth-order valence-corrected chi connectivity index (χ4v) is 7.68. The van der Waals surface area contributed by atoms with Crippen LogP contribution in [0.4, 0.5) is 0 Å². The van der Waals surface area contributed by atoms with Crippen molar-refractivity contribution in [2.24, 2.45) is 0 Å². The maximum atomic E-state index is 4.06. The molecule has 1 heteroatoms. The Balaban J connectivity index is 1.29. The van der Waals surface area contributed by atoms with E-state index in [2.05, 4.69) is 182 Å². The maximum Gasteiger partial charge on any atom is 0.0619 e. The molecular formula is C47H33N. The van der Waals surface area contributed by atoms with Gasteiger partial charge in [0.2, 0.25) is 0 Å². The van der Waals surface area contributed by atoms with Crippen LogP contribution in [0.2, 0.25) is 0 Å². The van der Waals surface area contributed by atoms with Gasteiger partial charge >= 0.3 is 0 Å². The first kappa shape index (κ1) is 28.1. The molecule has 0 unspecified atom stereocenters. The van der Waals surface area contributed by atoms with Gasteiger partial charge in [0.25, 0.3) is 0 Å². The molecule has 8 aromatic carbocycles. The van der Waals surface area contributed by atoms with Crippen molar-refractivity contribution in [3.8, 4) is 27.9 Å². The Labute approximate surface area is 280 Å². The van der Waals surface area contributed by atoms with Crippen molar-refractivity contribution in [1.82, 2.24) is 4.57 Å². The molecule has 48 heavy (non-hydrogen) atoms. The SMILES string of the molecule is C=C/C(=C\C)c1ccc(-c2ccc3c(ccc4c5ccc(-c6cccc7ccccc67)cc5n(-c5ccccc5)c34)c2)c2ccccc12. The average molecular weight is 612 g/mol. The Morgan fingerprint density at radius 1 is 0.500 bits per heavy atom. The van der Waals surface area contributed by atoms with Crippen LogP contribution in [0.25, 0.3) is 87.6 Å². The molecular weight excluding hydrogens is 579 g/mol. The third-order valence-electron chi connectivity index (χ3n) is 9.94. The molecule has 0 fully saturated rings. The fraction of sp³-hybridized carbons (Fsp3) is 0.0213. The first-order valence-electron chi connectivity index (χ1n) is 16.6. The van der Waals surface area contributed by atoms with Crippen LogP contribution in [0, 0.1) is 0 Å². The highest BCUT2D eigenvalue weighted by atomic mass is 15.0. The number of aromatic nitrogens is 1. The third-order valence-corrected chi connectivity index (χ3v) is 9.94. The van der Waals surface area contributed by atoms with Gasteiger partial charge in [0.05, 0.1) is 11.0 Å². The van der Waals surface area contributed by atoms with Crippen LogP contribution in [0.15, 0.2) is 176 Å². The van der Waals surface area contributed by atoms with Crippen LogP contribution in [0.5, 0.6) is 0 Å². The Kier molecular flexibility index (Phi) is 6.59. The number of nitrogens with zero attached hydrogens (tertiary/aromatic N) is 1. The first-order chi connectivity index (χ1) is 23.7. The molecule has 0 atom stereocenters. The van der Waals surface area contributed by atoms with Gasteiger partial charge in [-0.1, -0.05) is 152 Å². The van der Waals surface area contributed by atoms with Crippen LogP contribution in [0.1, 0.15) is 12.5 Å². The van der Waals surface area contributed by atoms with E-state index in [0.29, 0.717) is 0 Å². The summed E-state index contributed by atoms with van der Waals surface area (Å²) in [7, 11) is 0. The minimum atomic E-state index is 1.15. The second-order valence-electron chi connectivity index (χ2n) is 12.5. The second kappa shape index (κ2) is 11.3. The van der Waals surface area contributed by atoms with E-state index < -0.39 is 0 Å². The third kappa shape index (κ3) is 4.32. The summed E-state index contributed by atoms with van der Waals surface area (Å²) in [5.74, 6) is 0. The predicted molar refractivity (Wildman–Crippen MR) is 208 cm³/mol. The number of hydrogen-bond acceptors (Lipinski definition) is 0. The van der Waals surface area contributed by atoms with Gasteiger partial charge in [-0.15, -0.1) is 0 Å². The summed E-state index contributed by atoms with van der Waals surface area (Å²) in [5, 5.41) is 10.00. The lowest BCUT2D eigenvalue weighted by Crippen LogP contribution is -1.94. The molecule has 0 saturated carbocycles. The van der Waals surface area contributed by atoms with Crippen LogP contribution in [0.3, 0.4) is 0 Å². The van der Waals surface area contributed by atoms with Crippen molar-refractivity contribution in [3.63, 3.8) is 0 Å². The molecule has 1 heterocycles. The number of benzene rings is 8. The van der Waals surface area contributed by atoms with Crippen molar-refractivity contribution in [2.75, 3.05) is 0 Å². The number of fused-ring (bicyclic) bond motifs is 7. The summed E-state index contributed by atoms with van der Waals surface area (Å²) < 4.78 is 2.46. The minimum Gasteiger partial charge on any atom is -0.309 e. The molecule has 9 aromatic rings. The van der Waals surface area contributed by atoms with E-state index in [-0.39, 0.29) is 0 Å². The molecule has 0 amide bonds. The van der Waals surface area contributed by atoms with Gasteiger partial charge in [-0.2, -0.15) is 0 Å². The zero-order valence-corrected chi connectivity index (χ0v) is 26.8. The lowest BCUT2D eigenvalue weighted by molar-refractivity contribution is 1.19. The average Bonchev–Trinajstić information content (AvgIpc) is 3.49. The largest absolute Gasteiger partial charge is 0.309 e. The molecule has 9 rings (SSSR count). The molecule has 0 N–H and O–H groups in total. The van der Waals surface area contributed by atoms with Crippen molar-refractivity contribution < 1.29 is 0 Å². The zero-order chi connectivity index (χ0) is 32.2. The van der Waals surface area contributed by atoms with Crippen molar-refractivity contribution in [2.45, 2.75) is 6.92 Å². The molecule has 0 saturated heterocycles. The van der Waals surface area contributed by atoms with Crippen molar-refractivity contribution in [3.05, 3.63) is 182 Å². The summed E-state index contributed by atoms with van der Waals surface area (Å²) >= 11 is 0. The van der Waals surface area contributed by atoms with Crippen molar-refractivity contribution in [1.29, 1.82) is 0 Å². The van der Waals surface area contributed by atoms with E-state index in [0.717, 1.165) is 11.3 Å². The van der Waals surface area contributed by atoms with Gasteiger partial charge < -0.3 is 4.57 Å². The topological polar surface area (TPSA) is 4.93 Å². The minimum absolute atomic E-state index is 1.15. The number of allylic oxidation sites excluding steroid dienone is 3. The number of rotatable bonds is 5. The van der Waals surface area contributed by atoms with Crippen LogP contribution in [-0.2, 0) is 0 Å².